The number of fused-ring (bicyclic) bond motifs is 1. The highest BCUT2D eigenvalue weighted by Gasteiger charge is 2.31. The van der Waals surface area contributed by atoms with E-state index in [1.54, 1.807) is 12.1 Å². The normalized spacial score (nSPS) is 14.9. The molecule has 0 fully saturated rings. The standard InChI is InChI=1S/C11H10BrNO3/c1-11(13,10(14)15)9-5-6-4-7(12)2-3-8(6)16-9/h2-5H,13H2,1H3,(H,14,15)/t11-/m1/s1. The Bertz CT molecular complexity index is 559. The fourth-order valence-electron chi connectivity index (χ4n) is 1.39. The lowest BCUT2D eigenvalue weighted by Crippen LogP contribution is -2.75. The van der Waals surface area contributed by atoms with E-state index in [1.165, 1.54) is 6.92 Å². The van der Waals surface area contributed by atoms with Crippen molar-refractivity contribution in [2.75, 3.05) is 0 Å². The highest BCUT2D eigenvalue weighted by atomic mass is 79.9. The number of rotatable bonds is 2. The van der Waals surface area contributed by atoms with Gasteiger partial charge in [-0.25, -0.2) is 0 Å². The van der Waals surface area contributed by atoms with Crippen molar-refractivity contribution < 1.29 is 20.1 Å². The number of carboxylic acid groups (broad SMARTS) is 1. The topological polar surface area (TPSA) is 80.9 Å². The second-order valence-corrected chi connectivity index (χ2v) is 4.83. The fraction of sp³-hybridized carbons (Fsp3) is 0.182. The first-order chi connectivity index (χ1) is 7.41. The molecule has 0 aliphatic carbocycles. The van der Waals surface area contributed by atoms with E-state index in [-0.39, 0.29) is 0 Å². The minimum atomic E-state index is -1.37. The Morgan fingerprint density at radius 3 is 2.81 bits per heavy atom. The van der Waals surface area contributed by atoms with E-state index in [1.807, 2.05) is 12.1 Å². The SMILES string of the molecule is C[C@]([NH3+])(C(=O)[O-])c1cc2cc(Br)ccc2o1. The van der Waals surface area contributed by atoms with Gasteiger partial charge in [0.2, 0.25) is 0 Å². The predicted octanol–water partition coefficient (Wildman–Crippen LogP) is 0.402. The van der Waals surface area contributed by atoms with Crippen LogP contribution in [-0.2, 0) is 10.3 Å². The zero-order valence-electron chi connectivity index (χ0n) is 8.62. The highest BCUT2D eigenvalue weighted by Crippen LogP contribution is 2.27. The first kappa shape index (κ1) is 11.2. The summed E-state index contributed by atoms with van der Waals surface area (Å²) in [6, 6.07) is 7.12. The molecule has 5 heteroatoms. The molecule has 0 bridgehead atoms. The summed E-state index contributed by atoms with van der Waals surface area (Å²) in [6.07, 6.45) is 0. The van der Waals surface area contributed by atoms with E-state index in [2.05, 4.69) is 21.7 Å². The predicted molar refractivity (Wildman–Crippen MR) is 59.2 cm³/mol. The summed E-state index contributed by atoms with van der Waals surface area (Å²) in [7, 11) is 0. The Hall–Kier alpha value is -1.33. The van der Waals surface area contributed by atoms with E-state index in [4.69, 9.17) is 4.42 Å². The van der Waals surface area contributed by atoms with Gasteiger partial charge in [-0.2, -0.15) is 0 Å². The van der Waals surface area contributed by atoms with Crippen LogP contribution in [0.2, 0.25) is 0 Å². The third-order valence-corrected chi connectivity index (χ3v) is 2.97. The second-order valence-electron chi connectivity index (χ2n) is 3.91. The van der Waals surface area contributed by atoms with E-state index in [9.17, 15) is 9.90 Å². The van der Waals surface area contributed by atoms with E-state index < -0.39 is 11.5 Å². The molecule has 84 valence electrons. The van der Waals surface area contributed by atoms with Gasteiger partial charge in [0, 0.05) is 16.8 Å². The van der Waals surface area contributed by atoms with Crippen LogP contribution in [0.5, 0.6) is 0 Å². The quantitative estimate of drug-likeness (QED) is 0.866. The Balaban J connectivity index is 2.59. The summed E-state index contributed by atoms with van der Waals surface area (Å²) in [4.78, 5) is 10.9. The Morgan fingerprint density at radius 1 is 1.50 bits per heavy atom. The smallest absolute Gasteiger partial charge is 0.190 e. The summed E-state index contributed by atoms with van der Waals surface area (Å²) < 4.78 is 6.35. The number of carbonyl (C=O) groups is 1. The van der Waals surface area contributed by atoms with Gasteiger partial charge >= 0.3 is 0 Å². The lowest BCUT2D eigenvalue weighted by Gasteiger charge is -2.18. The number of aliphatic carboxylic acids is 1. The lowest BCUT2D eigenvalue weighted by molar-refractivity contribution is -0.492. The van der Waals surface area contributed by atoms with Crippen molar-refractivity contribution in [2.45, 2.75) is 12.5 Å². The van der Waals surface area contributed by atoms with Gasteiger partial charge in [0.25, 0.3) is 0 Å². The van der Waals surface area contributed by atoms with Crippen molar-refractivity contribution in [1.29, 1.82) is 0 Å². The maximum Gasteiger partial charge on any atom is 0.190 e. The first-order valence-corrected chi connectivity index (χ1v) is 5.47. The molecule has 0 aliphatic heterocycles. The molecule has 0 unspecified atom stereocenters. The van der Waals surface area contributed by atoms with Crippen molar-refractivity contribution in [1.82, 2.24) is 0 Å². The number of hydrogen-bond acceptors (Lipinski definition) is 3. The molecule has 2 rings (SSSR count). The molecule has 0 radical (unpaired) electrons. The zero-order chi connectivity index (χ0) is 11.9. The zero-order valence-corrected chi connectivity index (χ0v) is 10.2. The average molecular weight is 284 g/mol. The van der Waals surface area contributed by atoms with Crippen LogP contribution in [0.3, 0.4) is 0 Å². The van der Waals surface area contributed by atoms with Crippen LogP contribution in [0.4, 0.5) is 0 Å². The molecule has 2 aromatic rings. The molecule has 0 amide bonds. The Labute approximate surface area is 100 Å². The molecule has 0 saturated heterocycles. The number of halogens is 1. The second kappa shape index (κ2) is 3.61. The van der Waals surface area contributed by atoms with E-state index in [0.717, 1.165) is 9.86 Å². The monoisotopic (exact) mass is 283 g/mol. The third-order valence-electron chi connectivity index (χ3n) is 2.47. The maximum atomic E-state index is 10.9. The number of carboxylic acids is 1. The largest absolute Gasteiger partial charge is 0.543 e. The number of furan rings is 1. The molecule has 1 aromatic carbocycles. The van der Waals surface area contributed by atoms with Crippen LogP contribution >= 0.6 is 15.9 Å². The minimum absolute atomic E-state index is 0.292. The van der Waals surface area contributed by atoms with Crippen molar-refractivity contribution >= 4 is 32.9 Å². The van der Waals surface area contributed by atoms with Gasteiger partial charge in [-0.3, -0.25) is 0 Å². The van der Waals surface area contributed by atoms with Crippen LogP contribution in [0, 0.1) is 0 Å². The molecule has 1 aromatic heterocycles. The van der Waals surface area contributed by atoms with Gasteiger partial charge in [-0.05, 0) is 24.3 Å². The third kappa shape index (κ3) is 1.72. The molecule has 1 heterocycles. The Kier molecular flexibility index (Phi) is 2.52. The summed E-state index contributed by atoms with van der Waals surface area (Å²) in [5.41, 5.74) is 2.85. The summed E-state index contributed by atoms with van der Waals surface area (Å²) >= 11 is 3.34. The van der Waals surface area contributed by atoms with Gasteiger partial charge < -0.3 is 20.1 Å². The number of hydrogen-bond donors (Lipinski definition) is 1. The number of quaternary nitrogens is 1. The van der Waals surface area contributed by atoms with Crippen LogP contribution < -0.4 is 10.8 Å². The average Bonchev–Trinajstić information content (AvgIpc) is 2.60. The summed E-state index contributed by atoms with van der Waals surface area (Å²) in [5.74, 6) is -0.966. The van der Waals surface area contributed by atoms with Crippen molar-refractivity contribution in [3.63, 3.8) is 0 Å². The van der Waals surface area contributed by atoms with Gasteiger partial charge in [0.15, 0.2) is 11.3 Å². The van der Waals surface area contributed by atoms with Crippen LogP contribution in [0.1, 0.15) is 12.7 Å². The molecule has 0 saturated carbocycles. The van der Waals surface area contributed by atoms with Crippen LogP contribution in [0.25, 0.3) is 11.0 Å². The Morgan fingerprint density at radius 2 is 2.19 bits per heavy atom. The fourth-order valence-corrected chi connectivity index (χ4v) is 1.77. The van der Waals surface area contributed by atoms with Gasteiger partial charge in [-0.1, -0.05) is 15.9 Å². The van der Waals surface area contributed by atoms with Crippen LogP contribution in [0.15, 0.2) is 33.2 Å². The van der Waals surface area contributed by atoms with E-state index in [0.29, 0.717) is 11.3 Å². The van der Waals surface area contributed by atoms with Crippen molar-refractivity contribution in [2.24, 2.45) is 0 Å². The van der Waals surface area contributed by atoms with Crippen molar-refractivity contribution in [3.8, 4) is 0 Å². The molecule has 4 nitrogen and oxygen atoms in total. The number of benzene rings is 1. The molecule has 16 heavy (non-hydrogen) atoms. The number of carbonyl (C=O) groups excluding carboxylic acids is 1. The molecule has 3 N–H and O–H groups in total. The molecule has 0 spiro atoms. The maximum absolute atomic E-state index is 10.9. The molecule has 1 atom stereocenters. The van der Waals surface area contributed by atoms with Crippen LogP contribution in [-0.4, -0.2) is 5.97 Å². The molecular weight excluding hydrogens is 274 g/mol. The first-order valence-electron chi connectivity index (χ1n) is 4.67. The highest BCUT2D eigenvalue weighted by molar-refractivity contribution is 9.10. The van der Waals surface area contributed by atoms with E-state index >= 15 is 0 Å². The minimum Gasteiger partial charge on any atom is -0.543 e. The summed E-state index contributed by atoms with van der Waals surface area (Å²) in [5, 5.41) is 11.8. The molecular formula is C11H10BrNO3. The van der Waals surface area contributed by atoms with Gasteiger partial charge in [0.1, 0.15) is 11.6 Å². The lowest BCUT2D eigenvalue weighted by atomic mass is 10.0. The van der Waals surface area contributed by atoms with Crippen molar-refractivity contribution in [3.05, 3.63) is 34.5 Å². The van der Waals surface area contributed by atoms with Gasteiger partial charge in [-0.15, -0.1) is 0 Å². The molecule has 0 aliphatic rings. The van der Waals surface area contributed by atoms with Gasteiger partial charge in [0.05, 0.1) is 0 Å². The summed E-state index contributed by atoms with van der Waals surface area (Å²) in [6.45, 7) is 1.45.